The molecule has 0 radical (unpaired) electrons. The van der Waals surface area contributed by atoms with Gasteiger partial charge in [0.05, 0.1) is 5.71 Å². The van der Waals surface area contributed by atoms with Crippen LogP contribution in [0.5, 0.6) is 0 Å². The highest BCUT2D eigenvalue weighted by atomic mass is 19.4. The third-order valence-corrected chi connectivity index (χ3v) is 9.64. The third kappa shape index (κ3) is 3.80. The van der Waals surface area contributed by atoms with Crippen molar-refractivity contribution in [2.45, 2.75) is 96.9 Å². The van der Waals surface area contributed by atoms with Gasteiger partial charge >= 0.3 is 12.1 Å². The summed E-state index contributed by atoms with van der Waals surface area (Å²) in [5, 5.41) is 15.9. The Morgan fingerprint density at radius 3 is 2.55 bits per heavy atom. The molecule has 4 rings (SSSR count). The zero-order valence-corrected chi connectivity index (χ0v) is 20.0. The molecule has 8 heteroatoms. The molecule has 3 saturated carbocycles. The summed E-state index contributed by atoms with van der Waals surface area (Å²) >= 11 is 0. The van der Waals surface area contributed by atoms with E-state index in [1.54, 1.807) is 0 Å². The number of allylic oxidation sites excluding steroid dienone is 1. The van der Waals surface area contributed by atoms with Crippen LogP contribution in [0.25, 0.3) is 0 Å². The smallest absolute Gasteiger partial charge is 0.455 e. The van der Waals surface area contributed by atoms with Crippen LogP contribution in [-0.2, 0) is 14.4 Å². The maximum atomic E-state index is 12.7. The molecule has 0 aromatic rings. The minimum Gasteiger partial charge on any atom is -0.455 e. The highest BCUT2D eigenvalue weighted by molar-refractivity contribution is 5.91. The van der Waals surface area contributed by atoms with Crippen molar-refractivity contribution in [3.05, 3.63) is 11.6 Å². The lowest BCUT2D eigenvalue weighted by Gasteiger charge is -2.59. The van der Waals surface area contributed by atoms with E-state index in [0.717, 1.165) is 31.3 Å². The van der Waals surface area contributed by atoms with E-state index >= 15 is 0 Å². The number of alkyl halides is 3. The van der Waals surface area contributed by atoms with E-state index in [2.05, 4.69) is 25.1 Å². The lowest BCUT2D eigenvalue weighted by Crippen LogP contribution is -2.57. The molecule has 0 aromatic heterocycles. The average molecular weight is 472 g/mol. The largest absolute Gasteiger partial charge is 0.490 e. The van der Waals surface area contributed by atoms with Crippen molar-refractivity contribution < 1.29 is 32.6 Å². The first-order valence-corrected chi connectivity index (χ1v) is 12.2. The minimum absolute atomic E-state index is 0.0967. The predicted octanol–water partition coefficient (Wildman–Crippen LogP) is 5.57. The van der Waals surface area contributed by atoms with Crippen molar-refractivity contribution >= 4 is 11.7 Å². The first-order valence-electron chi connectivity index (χ1n) is 12.2. The number of esters is 1. The predicted molar refractivity (Wildman–Crippen MR) is 117 cm³/mol. The Morgan fingerprint density at radius 2 is 1.88 bits per heavy atom. The molecule has 0 bridgehead atoms. The molecule has 7 unspecified atom stereocenters. The lowest BCUT2D eigenvalue weighted by atomic mass is 9.46. The lowest BCUT2D eigenvalue weighted by molar-refractivity contribution is -0.206. The van der Waals surface area contributed by atoms with E-state index in [4.69, 9.17) is 9.57 Å². The molecule has 3 fully saturated rings. The second-order valence-corrected chi connectivity index (χ2v) is 11.0. The van der Waals surface area contributed by atoms with Crippen LogP contribution in [0.2, 0.25) is 0 Å². The van der Waals surface area contributed by atoms with Gasteiger partial charge in [-0.1, -0.05) is 30.7 Å². The van der Waals surface area contributed by atoms with Crippen LogP contribution < -0.4 is 0 Å². The quantitative estimate of drug-likeness (QED) is 0.252. The molecule has 33 heavy (non-hydrogen) atoms. The summed E-state index contributed by atoms with van der Waals surface area (Å²) in [5.41, 5.74) is 0.436. The number of fused-ring (bicyclic) bond motifs is 5. The van der Waals surface area contributed by atoms with Crippen LogP contribution >= 0.6 is 0 Å². The van der Waals surface area contributed by atoms with E-state index in [9.17, 15) is 23.1 Å². The number of nitrogens with zero attached hydrogens (tertiary/aromatic N) is 1. The van der Waals surface area contributed by atoms with Gasteiger partial charge in [-0.3, -0.25) is 0 Å². The maximum Gasteiger partial charge on any atom is 0.490 e. The first-order chi connectivity index (χ1) is 15.4. The van der Waals surface area contributed by atoms with Crippen LogP contribution in [0.3, 0.4) is 0 Å². The number of halogens is 3. The van der Waals surface area contributed by atoms with Gasteiger partial charge in [-0.2, -0.15) is 13.2 Å². The van der Waals surface area contributed by atoms with Crippen molar-refractivity contribution in [2.24, 2.45) is 33.7 Å². The molecule has 0 aromatic carbocycles. The van der Waals surface area contributed by atoms with Gasteiger partial charge in [0, 0.05) is 11.8 Å². The SMILES string of the molecule is CCO/N=C(\C)C1(O)CCC2C3CC=C4CC(OC(=O)C(F)(F)F)CCC4(C)C3CCC21C. The Hall–Kier alpha value is -1.57. The topological polar surface area (TPSA) is 68.1 Å². The van der Waals surface area contributed by atoms with Crippen LogP contribution in [0.1, 0.15) is 79.1 Å². The highest BCUT2D eigenvalue weighted by Crippen LogP contribution is 2.67. The van der Waals surface area contributed by atoms with Crippen molar-refractivity contribution in [1.29, 1.82) is 0 Å². The fraction of sp³-hybridized carbons (Fsp3) is 0.840. The molecule has 0 heterocycles. The van der Waals surface area contributed by atoms with E-state index in [1.807, 2.05) is 13.8 Å². The molecule has 0 aliphatic heterocycles. The van der Waals surface area contributed by atoms with Crippen LogP contribution in [0.4, 0.5) is 13.2 Å². The first kappa shape index (κ1) is 24.6. The molecule has 4 aliphatic carbocycles. The van der Waals surface area contributed by atoms with Gasteiger partial charge in [0.15, 0.2) is 0 Å². The van der Waals surface area contributed by atoms with Crippen molar-refractivity contribution in [3.63, 3.8) is 0 Å². The zero-order valence-electron chi connectivity index (χ0n) is 20.0. The van der Waals surface area contributed by atoms with Crippen molar-refractivity contribution in [1.82, 2.24) is 0 Å². The third-order valence-electron chi connectivity index (χ3n) is 9.64. The molecule has 186 valence electrons. The Labute approximate surface area is 193 Å². The molecule has 4 aliphatic rings. The van der Waals surface area contributed by atoms with E-state index in [1.165, 1.54) is 0 Å². The summed E-state index contributed by atoms with van der Waals surface area (Å²) in [4.78, 5) is 16.6. The number of aliphatic hydroxyl groups is 1. The number of hydrogen-bond acceptors (Lipinski definition) is 5. The fourth-order valence-electron chi connectivity index (χ4n) is 7.79. The summed E-state index contributed by atoms with van der Waals surface area (Å²) in [7, 11) is 0. The normalized spacial score (nSPS) is 43.2. The second kappa shape index (κ2) is 8.28. The Morgan fingerprint density at radius 1 is 1.18 bits per heavy atom. The number of carbonyl (C=O) groups excluding carboxylic acids is 1. The Kier molecular flexibility index (Phi) is 6.16. The standard InChI is InChI=1S/C25H36F3NO4/c1-5-32-29-15(2)24(31)13-10-20-18-7-6-16-14-17(33-21(30)25(26,27)28)8-11-22(16,3)19(18)9-12-23(20,24)4/h6,17-20,31H,5,7-14H2,1-4H3/b29-15+. The van der Waals surface area contributed by atoms with Crippen LogP contribution in [0, 0.1) is 28.6 Å². The van der Waals surface area contributed by atoms with Gasteiger partial charge in [0.1, 0.15) is 18.3 Å². The van der Waals surface area contributed by atoms with Crippen LogP contribution in [-0.4, -0.2) is 41.3 Å². The summed E-state index contributed by atoms with van der Waals surface area (Å²) in [6.07, 6.45) is 2.37. The van der Waals surface area contributed by atoms with Gasteiger partial charge in [0.2, 0.25) is 0 Å². The minimum atomic E-state index is -4.95. The summed E-state index contributed by atoms with van der Waals surface area (Å²) < 4.78 is 42.8. The van der Waals surface area contributed by atoms with Gasteiger partial charge in [-0.05, 0) is 82.0 Å². The molecule has 0 saturated heterocycles. The monoisotopic (exact) mass is 471 g/mol. The molecular weight excluding hydrogens is 435 g/mol. The van der Waals surface area contributed by atoms with Crippen molar-refractivity contribution in [3.8, 4) is 0 Å². The molecule has 5 nitrogen and oxygen atoms in total. The molecule has 7 atom stereocenters. The number of rotatable bonds is 4. The highest BCUT2D eigenvalue weighted by Gasteiger charge is 2.65. The van der Waals surface area contributed by atoms with Crippen molar-refractivity contribution in [2.75, 3.05) is 6.61 Å². The molecule has 0 amide bonds. The van der Waals surface area contributed by atoms with E-state index < -0.39 is 23.9 Å². The number of oxime groups is 1. The Balaban J connectivity index is 1.54. The van der Waals surface area contributed by atoms with Gasteiger partial charge in [-0.25, -0.2) is 4.79 Å². The number of carbonyl (C=O) groups is 1. The molecular formula is C25H36F3NO4. The molecule has 0 spiro atoms. The van der Waals surface area contributed by atoms with Crippen LogP contribution in [0.15, 0.2) is 16.8 Å². The zero-order chi connectivity index (χ0) is 24.2. The van der Waals surface area contributed by atoms with Gasteiger partial charge < -0.3 is 14.7 Å². The van der Waals surface area contributed by atoms with E-state index in [-0.39, 0.29) is 10.8 Å². The number of hydrogen-bond donors (Lipinski definition) is 1. The Bertz CT molecular complexity index is 855. The maximum absolute atomic E-state index is 12.7. The summed E-state index contributed by atoms with van der Waals surface area (Å²) in [6.45, 7) is 8.63. The second-order valence-electron chi connectivity index (χ2n) is 11.0. The average Bonchev–Trinajstić information content (AvgIpc) is 3.03. The van der Waals surface area contributed by atoms with Gasteiger partial charge in [-0.15, -0.1) is 0 Å². The summed E-state index contributed by atoms with van der Waals surface area (Å²) in [5.74, 6) is -0.904. The van der Waals surface area contributed by atoms with E-state index in [0.29, 0.717) is 55.8 Å². The van der Waals surface area contributed by atoms with Gasteiger partial charge in [0.25, 0.3) is 0 Å². The fourth-order valence-corrected chi connectivity index (χ4v) is 7.79. The summed E-state index contributed by atoms with van der Waals surface area (Å²) in [6, 6.07) is 0. The molecule has 1 N–H and O–H groups in total. The number of ether oxygens (including phenoxy) is 1.